The summed E-state index contributed by atoms with van der Waals surface area (Å²) in [6.45, 7) is 10.8. The van der Waals surface area contributed by atoms with Crippen molar-refractivity contribution in [2.75, 3.05) is 0 Å². The first-order valence-electron chi connectivity index (χ1n) is 6.15. The molecule has 0 spiro atoms. The van der Waals surface area contributed by atoms with E-state index in [4.69, 9.17) is 4.98 Å². The van der Waals surface area contributed by atoms with Gasteiger partial charge in [0, 0.05) is 11.3 Å². The Hall–Kier alpha value is -1.45. The van der Waals surface area contributed by atoms with E-state index in [1.165, 1.54) is 0 Å². The van der Waals surface area contributed by atoms with Gasteiger partial charge in [-0.25, -0.2) is 15.0 Å². The fraction of sp³-hybridized carbons (Fsp3) is 0.615. The average Bonchev–Trinajstić information content (AvgIpc) is 2.72. The van der Waals surface area contributed by atoms with E-state index in [0.717, 1.165) is 29.1 Å². The van der Waals surface area contributed by atoms with Crippen molar-refractivity contribution in [2.24, 2.45) is 0 Å². The first kappa shape index (κ1) is 12.0. The molecule has 0 aliphatic rings. The fourth-order valence-corrected chi connectivity index (χ4v) is 1.80. The Morgan fingerprint density at radius 3 is 2.59 bits per heavy atom. The third kappa shape index (κ3) is 2.16. The third-order valence-corrected chi connectivity index (χ3v) is 3.07. The molecule has 0 aliphatic heterocycles. The number of rotatable bonds is 2. The van der Waals surface area contributed by atoms with Gasteiger partial charge in [0.2, 0.25) is 0 Å². The van der Waals surface area contributed by atoms with Crippen molar-refractivity contribution in [3.05, 3.63) is 17.8 Å². The number of hydrogen-bond acceptors (Lipinski definition) is 3. The Balaban J connectivity index is 2.67. The summed E-state index contributed by atoms with van der Waals surface area (Å²) in [5, 5.41) is 0. The quantitative estimate of drug-likeness (QED) is 0.865. The van der Waals surface area contributed by atoms with Crippen LogP contribution in [0.5, 0.6) is 0 Å². The van der Waals surface area contributed by atoms with E-state index in [1.54, 1.807) is 6.33 Å². The highest BCUT2D eigenvalue weighted by molar-refractivity contribution is 5.73. The molecule has 2 rings (SSSR count). The lowest BCUT2D eigenvalue weighted by molar-refractivity contribution is 0.560. The highest BCUT2D eigenvalue weighted by atomic mass is 15.0. The van der Waals surface area contributed by atoms with E-state index in [0.29, 0.717) is 5.92 Å². The van der Waals surface area contributed by atoms with E-state index >= 15 is 0 Å². The van der Waals surface area contributed by atoms with Crippen LogP contribution in [-0.2, 0) is 5.41 Å². The van der Waals surface area contributed by atoms with Gasteiger partial charge in [-0.15, -0.1) is 0 Å². The Kier molecular flexibility index (Phi) is 2.89. The number of hydrogen-bond donors (Lipinski definition) is 1. The van der Waals surface area contributed by atoms with Crippen LogP contribution in [0.1, 0.15) is 58.5 Å². The van der Waals surface area contributed by atoms with Crippen molar-refractivity contribution < 1.29 is 0 Å². The minimum Gasteiger partial charge on any atom is -0.342 e. The van der Waals surface area contributed by atoms with Crippen molar-refractivity contribution in [2.45, 2.75) is 52.4 Å². The molecule has 1 unspecified atom stereocenters. The van der Waals surface area contributed by atoms with E-state index in [-0.39, 0.29) is 5.41 Å². The lowest BCUT2D eigenvalue weighted by Gasteiger charge is -2.20. The van der Waals surface area contributed by atoms with Crippen LogP contribution in [0.25, 0.3) is 11.2 Å². The van der Waals surface area contributed by atoms with Crippen LogP contribution in [0.2, 0.25) is 0 Å². The third-order valence-electron chi connectivity index (χ3n) is 3.07. The van der Waals surface area contributed by atoms with E-state index < -0.39 is 0 Å². The number of aromatic nitrogens is 4. The van der Waals surface area contributed by atoms with Gasteiger partial charge in [-0.3, -0.25) is 0 Å². The molecule has 0 bridgehead atoms. The first-order chi connectivity index (χ1) is 7.93. The highest BCUT2D eigenvalue weighted by Gasteiger charge is 2.23. The zero-order valence-corrected chi connectivity index (χ0v) is 11.2. The molecule has 0 radical (unpaired) electrons. The van der Waals surface area contributed by atoms with Crippen LogP contribution >= 0.6 is 0 Å². The van der Waals surface area contributed by atoms with Gasteiger partial charge in [0.15, 0.2) is 5.65 Å². The molecular weight excluding hydrogens is 212 g/mol. The van der Waals surface area contributed by atoms with Crippen LogP contribution in [0.4, 0.5) is 0 Å². The summed E-state index contributed by atoms with van der Waals surface area (Å²) >= 11 is 0. The Morgan fingerprint density at radius 1 is 1.29 bits per heavy atom. The second kappa shape index (κ2) is 4.09. The lowest BCUT2D eigenvalue weighted by Crippen LogP contribution is -2.17. The molecule has 0 fully saturated rings. The maximum atomic E-state index is 4.73. The molecule has 0 saturated carbocycles. The number of H-pyrrole nitrogens is 1. The number of nitrogens with zero attached hydrogens (tertiary/aromatic N) is 3. The minimum atomic E-state index is -0.00403. The van der Waals surface area contributed by atoms with Gasteiger partial charge in [0.1, 0.15) is 11.3 Å². The number of aromatic amines is 1. The second-order valence-corrected chi connectivity index (χ2v) is 5.59. The molecule has 4 nitrogen and oxygen atoms in total. The number of nitrogens with one attached hydrogen (secondary N) is 1. The van der Waals surface area contributed by atoms with Crippen molar-refractivity contribution in [3.8, 4) is 0 Å². The zero-order chi connectivity index (χ0) is 12.6. The summed E-state index contributed by atoms with van der Waals surface area (Å²) < 4.78 is 0. The molecule has 0 aliphatic carbocycles. The molecular formula is C13H20N4. The predicted octanol–water partition coefficient (Wildman–Crippen LogP) is 3.16. The van der Waals surface area contributed by atoms with Gasteiger partial charge >= 0.3 is 0 Å². The van der Waals surface area contributed by atoms with Crippen molar-refractivity contribution >= 4 is 11.2 Å². The summed E-state index contributed by atoms with van der Waals surface area (Å²) in [6.07, 6.45) is 2.73. The summed E-state index contributed by atoms with van der Waals surface area (Å²) in [5.74, 6) is 1.27. The van der Waals surface area contributed by atoms with Crippen LogP contribution in [-0.4, -0.2) is 19.9 Å². The van der Waals surface area contributed by atoms with Crippen LogP contribution in [0.15, 0.2) is 6.33 Å². The second-order valence-electron chi connectivity index (χ2n) is 5.59. The molecule has 0 saturated heterocycles. The van der Waals surface area contributed by atoms with Crippen molar-refractivity contribution in [1.29, 1.82) is 0 Å². The summed E-state index contributed by atoms with van der Waals surface area (Å²) in [5.41, 5.74) is 2.79. The van der Waals surface area contributed by atoms with E-state index in [2.05, 4.69) is 49.6 Å². The van der Waals surface area contributed by atoms with Crippen LogP contribution in [0.3, 0.4) is 0 Å². The highest BCUT2D eigenvalue weighted by Crippen LogP contribution is 2.27. The predicted molar refractivity (Wildman–Crippen MR) is 69.1 cm³/mol. The Labute approximate surface area is 102 Å². The SMILES string of the molecule is CCC(C)c1nc(C(C)(C)C)c2[nH]cnc2n1. The molecule has 2 aromatic heterocycles. The van der Waals surface area contributed by atoms with Crippen molar-refractivity contribution in [1.82, 2.24) is 19.9 Å². The average molecular weight is 232 g/mol. The van der Waals surface area contributed by atoms with Gasteiger partial charge in [0.05, 0.1) is 12.0 Å². The molecule has 0 amide bonds. The van der Waals surface area contributed by atoms with E-state index in [1.807, 2.05) is 0 Å². The fourth-order valence-electron chi connectivity index (χ4n) is 1.80. The van der Waals surface area contributed by atoms with Gasteiger partial charge < -0.3 is 4.98 Å². The molecule has 4 heteroatoms. The van der Waals surface area contributed by atoms with Crippen LogP contribution in [0, 0.1) is 0 Å². The maximum absolute atomic E-state index is 4.73. The summed E-state index contributed by atoms with van der Waals surface area (Å²) in [4.78, 5) is 16.7. The Morgan fingerprint density at radius 2 is 2.00 bits per heavy atom. The van der Waals surface area contributed by atoms with Gasteiger partial charge in [-0.2, -0.15) is 0 Å². The lowest BCUT2D eigenvalue weighted by atomic mass is 9.91. The standard InChI is InChI=1S/C13H20N4/c1-6-8(2)11-16-10(13(3,4)5)9-12(17-11)15-7-14-9/h7-8H,6H2,1-5H3,(H,14,15,16,17). The summed E-state index contributed by atoms with van der Waals surface area (Å²) in [7, 11) is 0. The maximum Gasteiger partial charge on any atom is 0.181 e. The monoisotopic (exact) mass is 232 g/mol. The van der Waals surface area contributed by atoms with E-state index in [9.17, 15) is 0 Å². The zero-order valence-electron chi connectivity index (χ0n) is 11.2. The normalized spacial score (nSPS) is 14.2. The Bertz CT molecular complexity index is 522. The van der Waals surface area contributed by atoms with Crippen LogP contribution < -0.4 is 0 Å². The summed E-state index contributed by atoms with van der Waals surface area (Å²) in [6, 6.07) is 0. The molecule has 2 heterocycles. The molecule has 1 N–H and O–H groups in total. The molecule has 92 valence electrons. The van der Waals surface area contributed by atoms with Gasteiger partial charge in [-0.05, 0) is 6.42 Å². The smallest absolute Gasteiger partial charge is 0.181 e. The molecule has 1 atom stereocenters. The number of fused-ring (bicyclic) bond motifs is 1. The number of imidazole rings is 1. The largest absolute Gasteiger partial charge is 0.342 e. The topological polar surface area (TPSA) is 54.5 Å². The minimum absolute atomic E-state index is 0.00403. The molecule has 17 heavy (non-hydrogen) atoms. The molecule has 0 aromatic carbocycles. The van der Waals surface area contributed by atoms with Crippen molar-refractivity contribution in [3.63, 3.8) is 0 Å². The van der Waals surface area contributed by atoms with Gasteiger partial charge in [0.25, 0.3) is 0 Å². The molecule has 2 aromatic rings. The van der Waals surface area contributed by atoms with Gasteiger partial charge in [-0.1, -0.05) is 34.6 Å². The first-order valence-corrected chi connectivity index (χ1v) is 6.15.